The first-order chi connectivity index (χ1) is 11.4. The van der Waals surface area contributed by atoms with Gasteiger partial charge in [0.05, 0.1) is 21.8 Å². The summed E-state index contributed by atoms with van der Waals surface area (Å²) in [5.41, 5.74) is 1.52. The highest BCUT2D eigenvalue weighted by Gasteiger charge is 2.37. The van der Waals surface area contributed by atoms with Gasteiger partial charge < -0.3 is 5.32 Å². The second kappa shape index (κ2) is 6.09. The summed E-state index contributed by atoms with van der Waals surface area (Å²) >= 11 is 6.25. The van der Waals surface area contributed by atoms with Gasteiger partial charge in [-0.25, -0.2) is 4.90 Å². The van der Waals surface area contributed by atoms with Gasteiger partial charge in [-0.15, -0.1) is 0 Å². The van der Waals surface area contributed by atoms with Crippen molar-refractivity contribution < 1.29 is 14.4 Å². The molecule has 0 saturated carbocycles. The molecule has 2 aromatic rings. The van der Waals surface area contributed by atoms with E-state index in [1.165, 1.54) is 6.07 Å². The third kappa shape index (κ3) is 2.67. The van der Waals surface area contributed by atoms with Crippen molar-refractivity contribution >= 4 is 40.7 Å². The van der Waals surface area contributed by atoms with Crippen LogP contribution in [0, 0.1) is 5.92 Å². The van der Waals surface area contributed by atoms with Gasteiger partial charge in [0.1, 0.15) is 0 Å². The van der Waals surface area contributed by atoms with Gasteiger partial charge in [0.15, 0.2) is 0 Å². The smallest absolute Gasteiger partial charge is 0.266 e. The summed E-state index contributed by atoms with van der Waals surface area (Å²) in [6, 6.07) is 11.3. The fourth-order valence-corrected chi connectivity index (χ4v) is 2.73. The molecular formula is C18H15ClN2O3. The molecule has 24 heavy (non-hydrogen) atoms. The molecule has 5 nitrogen and oxygen atoms in total. The highest BCUT2D eigenvalue weighted by Crippen LogP contribution is 2.34. The minimum absolute atomic E-state index is 0.139. The third-order valence-electron chi connectivity index (χ3n) is 3.77. The Bertz CT molecular complexity index is 826. The van der Waals surface area contributed by atoms with Crippen molar-refractivity contribution in [1.29, 1.82) is 0 Å². The van der Waals surface area contributed by atoms with E-state index in [4.69, 9.17) is 11.6 Å². The number of anilines is 2. The number of benzene rings is 2. The Kier molecular flexibility index (Phi) is 4.11. The molecule has 0 spiro atoms. The van der Waals surface area contributed by atoms with E-state index in [2.05, 4.69) is 5.32 Å². The Balaban J connectivity index is 1.93. The van der Waals surface area contributed by atoms with Crippen LogP contribution in [0.5, 0.6) is 0 Å². The van der Waals surface area contributed by atoms with E-state index in [9.17, 15) is 14.4 Å². The van der Waals surface area contributed by atoms with Gasteiger partial charge in [-0.3, -0.25) is 14.4 Å². The van der Waals surface area contributed by atoms with Crippen LogP contribution in [-0.4, -0.2) is 17.7 Å². The van der Waals surface area contributed by atoms with Crippen LogP contribution in [0.1, 0.15) is 34.6 Å². The van der Waals surface area contributed by atoms with Crippen LogP contribution in [-0.2, 0) is 4.79 Å². The summed E-state index contributed by atoms with van der Waals surface area (Å²) in [7, 11) is 0. The second-order valence-corrected chi connectivity index (χ2v) is 6.21. The van der Waals surface area contributed by atoms with Crippen LogP contribution in [0.4, 0.5) is 11.4 Å². The zero-order valence-corrected chi connectivity index (χ0v) is 13.9. The predicted octanol–water partition coefficient (Wildman–Crippen LogP) is 3.74. The van der Waals surface area contributed by atoms with Crippen molar-refractivity contribution in [2.45, 2.75) is 13.8 Å². The van der Waals surface area contributed by atoms with E-state index in [1.54, 1.807) is 50.2 Å². The molecule has 6 heteroatoms. The van der Waals surface area contributed by atoms with Crippen molar-refractivity contribution in [3.8, 4) is 0 Å². The average Bonchev–Trinajstić information content (AvgIpc) is 2.80. The van der Waals surface area contributed by atoms with E-state index in [0.29, 0.717) is 22.5 Å². The van der Waals surface area contributed by atoms with E-state index in [0.717, 1.165) is 4.90 Å². The summed E-state index contributed by atoms with van der Waals surface area (Å²) in [4.78, 5) is 37.8. The first kappa shape index (κ1) is 16.2. The average molecular weight is 343 g/mol. The van der Waals surface area contributed by atoms with Gasteiger partial charge >= 0.3 is 0 Å². The highest BCUT2D eigenvalue weighted by atomic mass is 35.5. The van der Waals surface area contributed by atoms with Gasteiger partial charge in [-0.05, 0) is 30.3 Å². The highest BCUT2D eigenvalue weighted by molar-refractivity contribution is 6.40. The Morgan fingerprint density at radius 2 is 1.62 bits per heavy atom. The molecule has 0 atom stereocenters. The lowest BCUT2D eigenvalue weighted by atomic mass is 10.1. The predicted molar refractivity (Wildman–Crippen MR) is 92.5 cm³/mol. The number of amides is 3. The number of imide groups is 1. The molecule has 3 amide bonds. The lowest BCUT2D eigenvalue weighted by molar-refractivity contribution is -0.118. The quantitative estimate of drug-likeness (QED) is 0.864. The number of carbonyl (C=O) groups excluding carboxylic acids is 3. The molecule has 0 aromatic heterocycles. The van der Waals surface area contributed by atoms with E-state index in [-0.39, 0.29) is 16.8 Å². The zero-order chi connectivity index (χ0) is 17.4. The molecule has 0 fully saturated rings. The first-order valence-corrected chi connectivity index (χ1v) is 7.86. The SMILES string of the molecule is CC(C)C(=O)Nc1ccc(N2C(=O)c3ccccc3C2=O)c(Cl)c1. The molecule has 1 aliphatic rings. The molecule has 1 aliphatic heterocycles. The lowest BCUT2D eigenvalue weighted by Gasteiger charge is -2.17. The molecule has 0 saturated heterocycles. The molecule has 0 unspecified atom stereocenters. The van der Waals surface area contributed by atoms with Crippen LogP contribution >= 0.6 is 11.6 Å². The molecule has 0 bridgehead atoms. The van der Waals surface area contributed by atoms with Crippen LogP contribution in [0.2, 0.25) is 5.02 Å². The molecule has 2 aromatic carbocycles. The molecule has 3 rings (SSSR count). The van der Waals surface area contributed by atoms with Crippen molar-refractivity contribution in [1.82, 2.24) is 0 Å². The summed E-state index contributed by atoms with van der Waals surface area (Å²) < 4.78 is 0. The minimum Gasteiger partial charge on any atom is -0.326 e. The second-order valence-electron chi connectivity index (χ2n) is 5.80. The summed E-state index contributed by atoms with van der Waals surface area (Å²) in [6.45, 7) is 3.56. The number of hydrogen-bond acceptors (Lipinski definition) is 3. The molecule has 0 radical (unpaired) electrons. The Hall–Kier alpha value is -2.66. The number of halogens is 1. The summed E-state index contributed by atoms with van der Waals surface area (Å²) in [6.07, 6.45) is 0. The third-order valence-corrected chi connectivity index (χ3v) is 4.08. The Morgan fingerprint density at radius 1 is 1.04 bits per heavy atom. The Morgan fingerprint density at radius 3 is 2.12 bits per heavy atom. The molecule has 0 aliphatic carbocycles. The number of rotatable bonds is 3. The minimum atomic E-state index is -0.406. The van der Waals surface area contributed by atoms with Crippen LogP contribution in [0.25, 0.3) is 0 Å². The monoisotopic (exact) mass is 342 g/mol. The number of fused-ring (bicyclic) bond motifs is 1. The summed E-state index contributed by atoms with van der Waals surface area (Å²) in [5.74, 6) is -1.12. The van der Waals surface area contributed by atoms with Crippen molar-refractivity contribution in [2.24, 2.45) is 5.92 Å². The number of nitrogens with zero attached hydrogens (tertiary/aromatic N) is 1. The fraction of sp³-hybridized carbons (Fsp3) is 0.167. The van der Waals surface area contributed by atoms with E-state index in [1.807, 2.05) is 0 Å². The van der Waals surface area contributed by atoms with Gasteiger partial charge in [-0.1, -0.05) is 37.6 Å². The fourth-order valence-electron chi connectivity index (χ4n) is 2.46. The normalized spacial score (nSPS) is 13.4. The molecular weight excluding hydrogens is 328 g/mol. The number of nitrogens with one attached hydrogen (secondary N) is 1. The van der Waals surface area contributed by atoms with Crippen LogP contribution in [0.15, 0.2) is 42.5 Å². The largest absolute Gasteiger partial charge is 0.326 e. The molecule has 1 heterocycles. The standard InChI is InChI=1S/C18H15ClN2O3/c1-10(2)16(22)20-11-7-8-15(14(19)9-11)21-17(23)12-5-3-4-6-13(12)18(21)24/h3-10H,1-2H3,(H,20,22). The van der Waals surface area contributed by atoms with Crippen molar-refractivity contribution in [3.05, 3.63) is 58.6 Å². The molecule has 1 N–H and O–H groups in total. The molecule has 122 valence electrons. The van der Waals surface area contributed by atoms with Gasteiger partial charge in [0, 0.05) is 11.6 Å². The zero-order valence-electron chi connectivity index (χ0n) is 13.2. The topological polar surface area (TPSA) is 66.5 Å². The maximum atomic E-state index is 12.5. The number of carbonyl (C=O) groups is 3. The van der Waals surface area contributed by atoms with Crippen LogP contribution < -0.4 is 10.2 Å². The first-order valence-electron chi connectivity index (χ1n) is 7.48. The van der Waals surface area contributed by atoms with Crippen molar-refractivity contribution in [2.75, 3.05) is 10.2 Å². The van der Waals surface area contributed by atoms with Gasteiger partial charge in [0.2, 0.25) is 5.91 Å². The summed E-state index contributed by atoms with van der Waals surface area (Å²) in [5, 5.41) is 2.94. The van der Waals surface area contributed by atoms with E-state index >= 15 is 0 Å². The lowest BCUT2D eigenvalue weighted by Crippen LogP contribution is -2.29. The number of hydrogen-bond donors (Lipinski definition) is 1. The maximum absolute atomic E-state index is 12.5. The Labute approximate surface area is 144 Å². The van der Waals surface area contributed by atoms with Crippen LogP contribution in [0.3, 0.4) is 0 Å². The van der Waals surface area contributed by atoms with Crippen molar-refractivity contribution in [3.63, 3.8) is 0 Å². The maximum Gasteiger partial charge on any atom is 0.266 e. The van der Waals surface area contributed by atoms with Gasteiger partial charge in [0.25, 0.3) is 11.8 Å². The van der Waals surface area contributed by atoms with Gasteiger partial charge in [-0.2, -0.15) is 0 Å². The van der Waals surface area contributed by atoms with E-state index < -0.39 is 11.8 Å².